The number of hydrogen-bond donors (Lipinski definition) is 1. The molecule has 0 aliphatic carbocycles. The summed E-state index contributed by atoms with van der Waals surface area (Å²) in [5, 5.41) is 2.92. The molecule has 4 aromatic rings. The van der Waals surface area contributed by atoms with Gasteiger partial charge >= 0.3 is 0 Å². The van der Waals surface area contributed by atoms with Gasteiger partial charge in [0.25, 0.3) is 10.0 Å². The van der Waals surface area contributed by atoms with Gasteiger partial charge in [-0.1, -0.05) is 80.1 Å². The standard InChI is InChI=1S/C36H40FN3O6S/c1-4-5-22-38-36(42)32(23-27-14-8-6-9-15-27)39(25-28-16-12-13-19-31(28)37)35(41)26-40(47(43,44)30-17-10-7-11-18-30)29-20-21-33(45-2)34(24-29)46-3/h6-21,24,32H,4-5,22-23,25-26H2,1-3H3,(H,38,42)/t32-/m1/s1. The number of hydrogen-bond acceptors (Lipinski definition) is 6. The summed E-state index contributed by atoms with van der Waals surface area (Å²) < 4.78 is 55.2. The van der Waals surface area contributed by atoms with E-state index in [1.165, 1.54) is 61.6 Å². The molecule has 4 rings (SSSR count). The highest BCUT2D eigenvalue weighted by Gasteiger charge is 2.35. The summed E-state index contributed by atoms with van der Waals surface area (Å²) in [6.07, 6.45) is 1.70. The second kappa shape index (κ2) is 16.6. The molecule has 9 nitrogen and oxygen atoms in total. The van der Waals surface area contributed by atoms with Gasteiger partial charge in [-0.25, -0.2) is 12.8 Å². The summed E-state index contributed by atoms with van der Waals surface area (Å²) in [6.45, 7) is 1.43. The van der Waals surface area contributed by atoms with Crippen LogP contribution in [0.1, 0.15) is 30.9 Å². The van der Waals surface area contributed by atoms with Crippen molar-refractivity contribution >= 4 is 27.5 Å². The minimum Gasteiger partial charge on any atom is -0.493 e. The van der Waals surface area contributed by atoms with Gasteiger partial charge in [0.15, 0.2) is 11.5 Å². The Balaban J connectivity index is 1.83. The summed E-state index contributed by atoms with van der Waals surface area (Å²) in [6, 6.07) is 26.4. The Hall–Kier alpha value is -4.90. The molecule has 0 heterocycles. The lowest BCUT2D eigenvalue weighted by Crippen LogP contribution is -2.53. The minimum absolute atomic E-state index is 0.0404. The maximum atomic E-state index is 15.1. The zero-order chi connectivity index (χ0) is 33.8. The molecule has 0 radical (unpaired) electrons. The third kappa shape index (κ3) is 8.88. The van der Waals surface area contributed by atoms with Crippen LogP contribution in [-0.4, -0.2) is 58.5 Å². The van der Waals surface area contributed by atoms with Gasteiger partial charge in [0, 0.05) is 31.1 Å². The quantitative estimate of drug-likeness (QED) is 0.157. The van der Waals surface area contributed by atoms with E-state index in [1.807, 2.05) is 37.3 Å². The first-order chi connectivity index (χ1) is 22.7. The van der Waals surface area contributed by atoms with E-state index >= 15 is 4.39 Å². The van der Waals surface area contributed by atoms with E-state index in [1.54, 1.807) is 30.3 Å². The van der Waals surface area contributed by atoms with Crippen LogP contribution in [0.3, 0.4) is 0 Å². The molecule has 1 atom stereocenters. The van der Waals surface area contributed by atoms with Crippen molar-refractivity contribution in [3.05, 3.63) is 120 Å². The lowest BCUT2D eigenvalue weighted by Gasteiger charge is -2.34. The van der Waals surface area contributed by atoms with Crippen molar-refractivity contribution in [2.75, 3.05) is 31.6 Å². The van der Waals surface area contributed by atoms with E-state index in [2.05, 4.69) is 5.32 Å². The molecule has 2 amide bonds. The fraction of sp³-hybridized carbons (Fsp3) is 0.278. The first-order valence-electron chi connectivity index (χ1n) is 15.3. The Morgan fingerprint density at radius 3 is 2.13 bits per heavy atom. The summed E-state index contributed by atoms with van der Waals surface area (Å²) in [5.74, 6) is -1.05. The van der Waals surface area contributed by atoms with Gasteiger partial charge in [-0.15, -0.1) is 0 Å². The fourth-order valence-electron chi connectivity index (χ4n) is 5.10. The third-order valence-electron chi connectivity index (χ3n) is 7.66. The first-order valence-corrected chi connectivity index (χ1v) is 16.8. The number of carbonyl (C=O) groups is 2. The molecule has 1 N–H and O–H groups in total. The predicted molar refractivity (Wildman–Crippen MR) is 179 cm³/mol. The minimum atomic E-state index is -4.32. The van der Waals surface area contributed by atoms with Crippen LogP contribution in [0.4, 0.5) is 10.1 Å². The van der Waals surface area contributed by atoms with Crippen LogP contribution in [0.5, 0.6) is 11.5 Å². The number of unbranched alkanes of at least 4 members (excludes halogenated alkanes) is 1. The largest absolute Gasteiger partial charge is 0.493 e. The third-order valence-corrected chi connectivity index (χ3v) is 9.45. The normalized spacial score (nSPS) is 11.7. The van der Waals surface area contributed by atoms with Crippen LogP contribution in [0.15, 0.2) is 108 Å². The number of nitrogens with zero attached hydrogens (tertiary/aromatic N) is 2. The average Bonchev–Trinajstić information content (AvgIpc) is 3.09. The van der Waals surface area contributed by atoms with E-state index < -0.39 is 40.2 Å². The van der Waals surface area contributed by atoms with Gasteiger partial charge in [0.1, 0.15) is 18.4 Å². The maximum Gasteiger partial charge on any atom is 0.264 e. The Kier molecular flexibility index (Phi) is 12.3. The van der Waals surface area contributed by atoms with E-state index in [-0.39, 0.29) is 34.9 Å². The Morgan fingerprint density at radius 1 is 0.851 bits per heavy atom. The number of methoxy groups -OCH3 is 2. The highest BCUT2D eigenvalue weighted by molar-refractivity contribution is 7.92. The van der Waals surface area contributed by atoms with Gasteiger partial charge < -0.3 is 19.7 Å². The van der Waals surface area contributed by atoms with E-state index in [0.29, 0.717) is 12.3 Å². The van der Waals surface area contributed by atoms with Crippen LogP contribution >= 0.6 is 0 Å². The Labute approximate surface area is 276 Å². The maximum absolute atomic E-state index is 15.1. The first kappa shape index (κ1) is 35.0. The topological polar surface area (TPSA) is 105 Å². The van der Waals surface area contributed by atoms with Crippen molar-refractivity contribution in [3.8, 4) is 11.5 Å². The summed E-state index contributed by atoms with van der Waals surface area (Å²) in [7, 11) is -1.44. The number of rotatable bonds is 16. The number of amides is 2. The van der Waals surface area contributed by atoms with Crippen molar-refractivity contribution in [3.63, 3.8) is 0 Å². The molecule has 0 unspecified atom stereocenters. The van der Waals surface area contributed by atoms with Crippen molar-refractivity contribution in [1.82, 2.24) is 10.2 Å². The van der Waals surface area contributed by atoms with Crippen LogP contribution in [0, 0.1) is 5.82 Å². The zero-order valence-corrected chi connectivity index (χ0v) is 27.6. The monoisotopic (exact) mass is 661 g/mol. The van der Waals surface area contributed by atoms with Gasteiger partial charge in [-0.3, -0.25) is 13.9 Å². The van der Waals surface area contributed by atoms with Gasteiger partial charge in [0.05, 0.1) is 24.8 Å². The summed E-state index contributed by atoms with van der Waals surface area (Å²) in [5.41, 5.74) is 1.10. The molecule has 0 saturated heterocycles. The predicted octanol–water partition coefficient (Wildman–Crippen LogP) is 5.59. The molecular formula is C36H40FN3O6S. The average molecular weight is 662 g/mol. The summed E-state index contributed by atoms with van der Waals surface area (Å²) in [4.78, 5) is 29.6. The molecule has 0 aromatic heterocycles. The van der Waals surface area contributed by atoms with E-state index in [0.717, 1.165) is 22.7 Å². The number of ether oxygens (including phenoxy) is 2. The van der Waals surface area contributed by atoms with E-state index in [9.17, 15) is 18.0 Å². The molecule has 4 aromatic carbocycles. The molecule has 0 bridgehead atoms. The lowest BCUT2D eigenvalue weighted by molar-refractivity contribution is -0.140. The molecular weight excluding hydrogens is 621 g/mol. The molecule has 0 aliphatic rings. The Morgan fingerprint density at radius 2 is 1.49 bits per heavy atom. The number of nitrogens with one attached hydrogen (secondary N) is 1. The van der Waals surface area contributed by atoms with Crippen molar-refractivity contribution < 1.29 is 31.9 Å². The highest BCUT2D eigenvalue weighted by Crippen LogP contribution is 2.34. The van der Waals surface area contributed by atoms with Crippen LogP contribution in [-0.2, 0) is 32.6 Å². The van der Waals surface area contributed by atoms with Crippen molar-refractivity contribution in [2.45, 2.75) is 43.7 Å². The number of anilines is 1. The fourth-order valence-corrected chi connectivity index (χ4v) is 6.53. The highest BCUT2D eigenvalue weighted by atomic mass is 32.2. The molecule has 248 valence electrons. The Bertz CT molecular complexity index is 1740. The van der Waals surface area contributed by atoms with Crippen LogP contribution < -0.4 is 19.1 Å². The molecule has 47 heavy (non-hydrogen) atoms. The number of halogens is 1. The number of sulfonamides is 1. The second-order valence-corrected chi connectivity index (χ2v) is 12.7. The lowest BCUT2D eigenvalue weighted by atomic mass is 10.0. The SMILES string of the molecule is CCCCNC(=O)[C@@H](Cc1ccccc1)N(Cc1ccccc1F)C(=O)CN(c1ccc(OC)c(OC)c1)S(=O)(=O)c1ccccc1. The van der Waals surface area contributed by atoms with E-state index in [4.69, 9.17) is 9.47 Å². The zero-order valence-electron chi connectivity index (χ0n) is 26.8. The van der Waals surface area contributed by atoms with Crippen molar-refractivity contribution in [1.29, 1.82) is 0 Å². The van der Waals surface area contributed by atoms with Gasteiger partial charge in [-0.2, -0.15) is 0 Å². The molecule has 11 heteroatoms. The number of carbonyl (C=O) groups excluding carboxylic acids is 2. The number of benzene rings is 4. The van der Waals surface area contributed by atoms with Crippen LogP contribution in [0.2, 0.25) is 0 Å². The van der Waals surface area contributed by atoms with Crippen LogP contribution in [0.25, 0.3) is 0 Å². The van der Waals surface area contributed by atoms with Crippen molar-refractivity contribution in [2.24, 2.45) is 0 Å². The molecule has 0 saturated carbocycles. The van der Waals surface area contributed by atoms with Gasteiger partial charge in [0.2, 0.25) is 11.8 Å². The smallest absolute Gasteiger partial charge is 0.264 e. The molecule has 0 fully saturated rings. The molecule has 0 aliphatic heterocycles. The molecule has 0 spiro atoms. The summed E-state index contributed by atoms with van der Waals surface area (Å²) >= 11 is 0. The second-order valence-electron chi connectivity index (χ2n) is 10.8. The van der Waals surface area contributed by atoms with Gasteiger partial charge in [-0.05, 0) is 42.3 Å².